The molecule has 0 saturated carbocycles. The summed E-state index contributed by atoms with van der Waals surface area (Å²) in [7, 11) is 0. The van der Waals surface area contributed by atoms with Crippen molar-refractivity contribution in [1.29, 1.82) is 0 Å². The average Bonchev–Trinajstić information content (AvgIpc) is 2.68. The van der Waals surface area contributed by atoms with Crippen LogP contribution in [0.3, 0.4) is 0 Å². The summed E-state index contributed by atoms with van der Waals surface area (Å²) in [5.41, 5.74) is 1.89. The molecule has 4 unspecified atom stereocenters. The van der Waals surface area contributed by atoms with Crippen molar-refractivity contribution in [1.82, 2.24) is 0 Å². The molecule has 0 fully saturated rings. The van der Waals surface area contributed by atoms with Crippen LogP contribution >= 0.6 is 0 Å². The van der Waals surface area contributed by atoms with Crippen molar-refractivity contribution in [3.05, 3.63) is 71.8 Å². The third kappa shape index (κ3) is 6.24. The van der Waals surface area contributed by atoms with Gasteiger partial charge in [0.25, 0.3) is 0 Å². The lowest BCUT2D eigenvalue weighted by Crippen LogP contribution is -2.24. The van der Waals surface area contributed by atoms with Crippen molar-refractivity contribution in [2.75, 3.05) is 0 Å². The van der Waals surface area contributed by atoms with E-state index in [4.69, 9.17) is 9.47 Å². The molecule has 4 nitrogen and oxygen atoms in total. The Bertz CT molecular complexity index is 663. The Morgan fingerprint density at radius 2 is 1.00 bits per heavy atom. The molecule has 0 aliphatic heterocycles. The Morgan fingerprint density at radius 3 is 1.33 bits per heavy atom. The summed E-state index contributed by atoms with van der Waals surface area (Å²) in [6, 6.07) is 19.2. The highest BCUT2D eigenvalue weighted by Crippen LogP contribution is 2.23. The fourth-order valence-electron chi connectivity index (χ4n) is 2.89. The highest BCUT2D eigenvalue weighted by Gasteiger charge is 2.25. The summed E-state index contributed by atoms with van der Waals surface area (Å²) in [5, 5.41) is 0. The number of hydrogen-bond donors (Lipinski definition) is 0. The van der Waals surface area contributed by atoms with E-state index in [-0.39, 0.29) is 36.0 Å². The van der Waals surface area contributed by atoms with Gasteiger partial charge in [-0.2, -0.15) is 0 Å². The highest BCUT2D eigenvalue weighted by atomic mass is 16.5. The fourth-order valence-corrected chi connectivity index (χ4v) is 2.89. The Morgan fingerprint density at radius 1 is 0.667 bits per heavy atom. The smallest absolute Gasteiger partial charge is 0.309 e. The predicted molar refractivity (Wildman–Crippen MR) is 105 cm³/mol. The van der Waals surface area contributed by atoms with Gasteiger partial charge in [0, 0.05) is 0 Å². The van der Waals surface area contributed by atoms with Crippen LogP contribution in [0.2, 0.25) is 0 Å². The molecule has 4 heteroatoms. The number of hydrogen-bond acceptors (Lipinski definition) is 4. The van der Waals surface area contributed by atoms with Crippen molar-refractivity contribution >= 4 is 11.9 Å². The maximum Gasteiger partial charge on any atom is 0.309 e. The molecular weight excluding hydrogens is 340 g/mol. The van der Waals surface area contributed by atoms with E-state index in [9.17, 15) is 9.59 Å². The molecule has 0 aliphatic carbocycles. The quantitative estimate of drug-likeness (QED) is 0.597. The second kappa shape index (κ2) is 9.91. The zero-order valence-corrected chi connectivity index (χ0v) is 16.4. The van der Waals surface area contributed by atoms with Gasteiger partial charge in [0.15, 0.2) is 0 Å². The van der Waals surface area contributed by atoms with Gasteiger partial charge in [0.05, 0.1) is 11.8 Å². The number of rotatable bonds is 8. The van der Waals surface area contributed by atoms with Gasteiger partial charge in [-0.05, 0) is 31.4 Å². The van der Waals surface area contributed by atoms with Crippen molar-refractivity contribution in [3.8, 4) is 0 Å². The molecule has 0 bridgehead atoms. The first-order valence-corrected chi connectivity index (χ1v) is 9.39. The van der Waals surface area contributed by atoms with Crippen LogP contribution in [0.25, 0.3) is 0 Å². The van der Waals surface area contributed by atoms with Crippen LogP contribution in [0.15, 0.2) is 60.7 Å². The second-order valence-corrected chi connectivity index (χ2v) is 7.02. The normalized spacial score (nSPS) is 15.3. The maximum atomic E-state index is 12.4. The standard InChI is InChI=1S/C23H28O4/c1-16(22(24)26-18(3)20-11-7-5-8-12-20)15-17(2)23(25)27-19(4)21-13-9-6-10-14-21/h5-14,16-19H,15H2,1-4H3. The highest BCUT2D eigenvalue weighted by molar-refractivity contribution is 5.76. The molecular formula is C23H28O4. The summed E-state index contributed by atoms with van der Waals surface area (Å²) in [4.78, 5) is 24.7. The third-order valence-corrected chi connectivity index (χ3v) is 4.64. The molecule has 144 valence electrons. The maximum absolute atomic E-state index is 12.4. The van der Waals surface area contributed by atoms with Crippen LogP contribution in [0.1, 0.15) is 57.5 Å². The average molecular weight is 368 g/mol. The molecule has 0 N–H and O–H groups in total. The Labute approximate surface area is 161 Å². The predicted octanol–water partition coefficient (Wildman–Crippen LogP) is 5.26. The molecule has 2 aromatic carbocycles. The van der Waals surface area contributed by atoms with Gasteiger partial charge < -0.3 is 9.47 Å². The van der Waals surface area contributed by atoms with Gasteiger partial charge >= 0.3 is 11.9 Å². The topological polar surface area (TPSA) is 52.6 Å². The van der Waals surface area contributed by atoms with Gasteiger partial charge in [-0.25, -0.2) is 0 Å². The van der Waals surface area contributed by atoms with E-state index in [2.05, 4.69) is 0 Å². The van der Waals surface area contributed by atoms with Crippen LogP contribution in [-0.4, -0.2) is 11.9 Å². The number of ether oxygens (including phenoxy) is 2. The van der Waals surface area contributed by atoms with E-state index >= 15 is 0 Å². The minimum Gasteiger partial charge on any atom is -0.458 e. The Hall–Kier alpha value is -2.62. The SMILES string of the molecule is CC(CC(C)C(=O)OC(C)c1ccccc1)C(=O)OC(C)c1ccccc1. The monoisotopic (exact) mass is 368 g/mol. The van der Waals surface area contributed by atoms with E-state index in [0.29, 0.717) is 6.42 Å². The van der Waals surface area contributed by atoms with Crippen molar-refractivity contribution in [3.63, 3.8) is 0 Å². The molecule has 0 spiro atoms. The van der Waals surface area contributed by atoms with E-state index in [0.717, 1.165) is 11.1 Å². The van der Waals surface area contributed by atoms with Gasteiger partial charge in [-0.3, -0.25) is 9.59 Å². The van der Waals surface area contributed by atoms with Gasteiger partial charge in [0.1, 0.15) is 12.2 Å². The molecule has 2 aromatic rings. The van der Waals surface area contributed by atoms with Crippen molar-refractivity contribution < 1.29 is 19.1 Å². The van der Waals surface area contributed by atoms with Crippen molar-refractivity contribution in [2.24, 2.45) is 11.8 Å². The van der Waals surface area contributed by atoms with Crippen molar-refractivity contribution in [2.45, 2.75) is 46.3 Å². The van der Waals surface area contributed by atoms with Gasteiger partial charge in [-0.1, -0.05) is 74.5 Å². The molecule has 0 heterocycles. The van der Waals surface area contributed by atoms with Crippen LogP contribution in [0.4, 0.5) is 0 Å². The van der Waals surface area contributed by atoms with E-state index in [1.165, 1.54) is 0 Å². The fraction of sp³-hybridized carbons (Fsp3) is 0.391. The first-order valence-electron chi connectivity index (χ1n) is 9.39. The molecule has 2 rings (SSSR count). The number of carbonyl (C=O) groups excluding carboxylic acids is 2. The molecule has 27 heavy (non-hydrogen) atoms. The van der Waals surface area contributed by atoms with Crippen LogP contribution < -0.4 is 0 Å². The van der Waals surface area contributed by atoms with Gasteiger partial charge in [-0.15, -0.1) is 0 Å². The number of esters is 2. The molecule has 0 amide bonds. The lowest BCUT2D eigenvalue weighted by Gasteiger charge is -2.20. The van der Waals surface area contributed by atoms with Crippen LogP contribution in [0.5, 0.6) is 0 Å². The molecule has 0 saturated heterocycles. The number of benzene rings is 2. The molecule has 0 radical (unpaired) electrons. The molecule has 4 atom stereocenters. The summed E-state index contributed by atoms with van der Waals surface area (Å²) < 4.78 is 11.1. The zero-order chi connectivity index (χ0) is 19.8. The van der Waals surface area contributed by atoms with E-state index in [1.807, 2.05) is 74.5 Å². The minimum absolute atomic E-state index is 0.304. The number of carbonyl (C=O) groups is 2. The second-order valence-electron chi connectivity index (χ2n) is 7.02. The van der Waals surface area contributed by atoms with Crippen LogP contribution in [-0.2, 0) is 19.1 Å². The van der Waals surface area contributed by atoms with E-state index < -0.39 is 0 Å². The first kappa shape index (κ1) is 20.7. The Kier molecular flexibility index (Phi) is 7.59. The lowest BCUT2D eigenvalue weighted by molar-refractivity contribution is -0.157. The van der Waals surface area contributed by atoms with E-state index in [1.54, 1.807) is 13.8 Å². The lowest BCUT2D eigenvalue weighted by atomic mass is 9.97. The minimum atomic E-state index is -0.384. The summed E-state index contributed by atoms with van der Waals surface area (Å²) in [5.74, 6) is -1.37. The zero-order valence-electron chi connectivity index (χ0n) is 16.4. The summed E-state index contributed by atoms with van der Waals surface area (Å²) in [6.07, 6.45) is -0.247. The van der Waals surface area contributed by atoms with Crippen LogP contribution in [0, 0.1) is 11.8 Å². The first-order chi connectivity index (χ1) is 12.9. The molecule has 0 aliphatic rings. The summed E-state index contributed by atoms with van der Waals surface area (Å²) >= 11 is 0. The molecule has 0 aromatic heterocycles. The Balaban J connectivity index is 1.83. The van der Waals surface area contributed by atoms with Gasteiger partial charge in [0.2, 0.25) is 0 Å². The largest absolute Gasteiger partial charge is 0.458 e. The summed E-state index contributed by atoms with van der Waals surface area (Å²) in [6.45, 7) is 7.26. The third-order valence-electron chi connectivity index (χ3n) is 4.64.